The van der Waals surface area contributed by atoms with Gasteiger partial charge in [-0.3, -0.25) is 4.79 Å². The minimum Gasteiger partial charge on any atom is -0.480 e. The summed E-state index contributed by atoms with van der Waals surface area (Å²) >= 11 is 0. The highest BCUT2D eigenvalue weighted by molar-refractivity contribution is 5.87. The van der Waals surface area contributed by atoms with Crippen LogP contribution in [0.15, 0.2) is 30.5 Å². The summed E-state index contributed by atoms with van der Waals surface area (Å²) in [5.74, 6) is -0.390. The van der Waals surface area contributed by atoms with Gasteiger partial charge in [-0.15, -0.1) is 0 Å². The second kappa shape index (κ2) is 10.5. The highest BCUT2D eigenvalue weighted by Gasteiger charge is 2.29. The normalized spacial score (nSPS) is 20.4. The smallest absolute Gasteiger partial charge is 0.326 e. The molecule has 1 heterocycles. The molecule has 158 valence electrons. The topological polar surface area (TPSA) is 82.2 Å². The molecule has 29 heavy (non-hydrogen) atoms. The number of aromatic nitrogens is 1. The summed E-state index contributed by atoms with van der Waals surface area (Å²) in [6.07, 6.45) is 12.5. The van der Waals surface area contributed by atoms with Crippen molar-refractivity contribution in [2.45, 2.75) is 77.2 Å². The molecule has 1 aliphatic carbocycles. The Balaban J connectivity index is 1.51. The number of aromatic amines is 1. The van der Waals surface area contributed by atoms with E-state index >= 15 is 0 Å². The third kappa shape index (κ3) is 5.84. The summed E-state index contributed by atoms with van der Waals surface area (Å²) < 4.78 is 0. The Bertz CT molecular complexity index is 805. The van der Waals surface area contributed by atoms with E-state index in [2.05, 4.69) is 17.2 Å². The van der Waals surface area contributed by atoms with Gasteiger partial charge < -0.3 is 15.4 Å². The monoisotopic (exact) mass is 398 g/mol. The Labute approximate surface area is 173 Å². The maximum Gasteiger partial charge on any atom is 0.326 e. The van der Waals surface area contributed by atoms with Gasteiger partial charge in [0.05, 0.1) is 0 Å². The molecule has 2 aromatic rings. The largest absolute Gasteiger partial charge is 0.480 e. The van der Waals surface area contributed by atoms with E-state index in [0.717, 1.165) is 48.1 Å². The standard InChI is InChI=1S/C24H34N2O3/c1-2-3-4-5-8-17-11-13-18(14-12-17)23(27)26-22(24(28)29)15-19-16-25-21-10-7-6-9-20(19)21/h6-7,9-10,16-18,22,25H,2-5,8,11-15H2,1H3,(H,26,27)(H,28,29). The average molecular weight is 399 g/mol. The molecule has 3 rings (SSSR count). The highest BCUT2D eigenvalue weighted by Crippen LogP contribution is 2.32. The molecule has 1 aromatic heterocycles. The predicted molar refractivity (Wildman–Crippen MR) is 116 cm³/mol. The zero-order valence-corrected chi connectivity index (χ0v) is 17.5. The van der Waals surface area contributed by atoms with Crippen LogP contribution < -0.4 is 5.32 Å². The molecule has 1 unspecified atom stereocenters. The third-order valence-corrected chi connectivity index (χ3v) is 6.40. The maximum atomic E-state index is 12.7. The molecular formula is C24H34N2O3. The summed E-state index contributed by atoms with van der Waals surface area (Å²) in [6.45, 7) is 2.23. The van der Waals surface area contributed by atoms with E-state index in [-0.39, 0.29) is 18.2 Å². The molecule has 3 N–H and O–H groups in total. The van der Waals surface area contributed by atoms with Crippen molar-refractivity contribution in [2.75, 3.05) is 0 Å². The number of fused-ring (bicyclic) bond motifs is 1. The van der Waals surface area contributed by atoms with E-state index in [1.54, 1.807) is 0 Å². The molecule has 0 aliphatic heterocycles. The fourth-order valence-corrected chi connectivity index (χ4v) is 4.58. The van der Waals surface area contributed by atoms with E-state index in [9.17, 15) is 14.7 Å². The number of H-pyrrole nitrogens is 1. The van der Waals surface area contributed by atoms with Gasteiger partial charge in [-0.25, -0.2) is 4.79 Å². The number of carboxylic acid groups (broad SMARTS) is 1. The number of hydrogen-bond donors (Lipinski definition) is 3. The molecule has 1 aromatic carbocycles. The molecule has 1 amide bonds. The van der Waals surface area contributed by atoms with Crippen LogP contribution in [0, 0.1) is 11.8 Å². The first kappa shape index (κ1) is 21.4. The summed E-state index contributed by atoms with van der Waals surface area (Å²) in [7, 11) is 0. The van der Waals surface area contributed by atoms with Crippen LogP contribution in [0.3, 0.4) is 0 Å². The molecule has 0 spiro atoms. The number of carboxylic acids is 1. The van der Waals surface area contributed by atoms with Crippen LogP contribution in [0.5, 0.6) is 0 Å². The predicted octanol–water partition coefficient (Wildman–Crippen LogP) is 5.06. The summed E-state index contributed by atoms with van der Waals surface area (Å²) in [6, 6.07) is 6.93. The van der Waals surface area contributed by atoms with Crippen molar-refractivity contribution in [3.8, 4) is 0 Å². The van der Waals surface area contributed by atoms with E-state index in [4.69, 9.17) is 0 Å². The number of aliphatic carboxylic acids is 1. The van der Waals surface area contributed by atoms with Gasteiger partial charge in [0.25, 0.3) is 0 Å². The van der Waals surface area contributed by atoms with Crippen LogP contribution in [-0.2, 0) is 16.0 Å². The van der Waals surface area contributed by atoms with Crippen molar-refractivity contribution in [1.29, 1.82) is 0 Å². The molecular weight excluding hydrogens is 364 g/mol. The zero-order chi connectivity index (χ0) is 20.6. The van der Waals surface area contributed by atoms with Crippen LogP contribution in [0.1, 0.15) is 70.3 Å². The van der Waals surface area contributed by atoms with Crippen molar-refractivity contribution in [3.63, 3.8) is 0 Å². The fraction of sp³-hybridized carbons (Fsp3) is 0.583. The molecule has 5 heteroatoms. The zero-order valence-electron chi connectivity index (χ0n) is 17.5. The minimum absolute atomic E-state index is 0.0493. The van der Waals surface area contributed by atoms with Crippen molar-refractivity contribution in [1.82, 2.24) is 10.3 Å². The fourth-order valence-electron chi connectivity index (χ4n) is 4.58. The number of para-hydroxylation sites is 1. The highest BCUT2D eigenvalue weighted by atomic mass is 16.4. The quantitative estimate of drug-likeness (QED) is 0.489. The molecule has 0 radical (unpaired) electrons. The first-order valence-electron chi connectivity index (χ1n) is 11.2. The molecule has 5 nitrogen and oxygen atoms in total. The van der Waals surface area contributed by atoms with Crippen molar-refractivity contribution in [3.05, 3.63) is 36.0 Å². The van der Waals surface area contributed by atoms with Crippen LogP contribution in [-0.4, -0.2) is 28.0 Å². The number of benzene rings is 1. The second-order valence-electron chi connectivity index (χ2n) is 8.53. The van der Waals surface area contributed by atoms with Gasteiger partial charge >= 0.3 is 5.97 Å². The van der Waals surface area contributed by atoms with Crippen LogP contribution in [0.25, 0.3) is 10.9 Å². The number of nitrogens with one attached hydrogen (secondary N) is 2. The third-order valence-electron chi connectivity index (χ3n) is 6.40. The van der Waals surface area contributed by atoms with Gasteiger partial charge in [0, 0.05) is 29.4 Å². The number of unbranched alkanes of at least 4 members (excludes halogenated alkanes) is 3. The molecule has 1 saturated carbocycles. The average Bonchev–Trinajstić information content (AvgIpc) is 3.14. The number of rotatable bonds is 10. The second-order valence-corrected chi connectivity index (χ2v) is 8.53. The van der Waals surface area contributed by atoms with Gasteiger partial charge in [-0.2, -0.15) is 0 Å². The Morgan fingerprint density at radius 1 is 1.14 bits per heavy atom. The number of amides is 1. The lowest BCUT2D eigenvalue weighted by Crippen LogP contribution is -2.45. The Kier molecular flexibility index (Phi) is 7.73. The molecule has 1 aliphatic rings. The lowest BCUT2D eigenvalue weighted by atomic mass is 9.79. The van der Waals surface area contributed by atoms with Crippen LogP contribution in [0.4, 0.5) is 0 Å². The van der Waals surface area contributed by atoms with Crippen LogP contribution >= 0.6 is 0 Å². The van der Waals surface area contributed by atoms with E-state index in [1.807, 2.05) is 30.5 Å². The minimum atomic E-state index is -0.978. The molecule has 1 atom stereocenters. The number of carbonyl (C=O) groups excluding carboxylic acids is 1. The molecule has 0 bridgehead atoms. The van der Waals surface area contributed by atoms with Gasteiger partial charge in [0.15, 0.2) is 0 Å². The Hall–Kier alpha value is -2.30. The Morgan fingerprint density at radius 3 is 2.62 bits per heavy atom. The first-order chi connectivity index (χ1) is 14.1. The van der Waals surface area contributed by atoms with E-state index < -0.39 is 12.0 Å². The van der Waals surface area contributed by atoms with Gasteiger partial charge in [0.1, 0.15) is 6.04 Å². The van der Waals surface area contributed by atoms with Crippen molar-refractivity contribution >= 4 is 22.8 Å². The van der Waals surface area contributed by atoms with E-state index in [1.165, 1.54) is 32.1 Å². The lowest BCUT2D eigenvalue weighted by Gasteiger charge is -2.28. The van der Waals surface area contributed by atoms with Gasteiger partial charge in [-0.1, -0.05) is 57.2 Å². The van der Waals surface area contributed by atoms with E-state index in [0.29, 0.717) is 0 Å². The lowest BCUT2D eigenvalue weighted by molar-refractivity contribution is -0.142. The van der Waals surface area contributed by atoms with Gasteiger partial charge in [0.2, 0.25) is 5.91 Å². The summed E-state index contributed by atoms with van der Waals surface area (Å²) in [5, 5.41) is 13.5. The van der Waals surface area contributed by atoms with Crippen molar-refractivity contribution in [2.24, 2.45) is 11.8 Å². The summed E-state index contributed by atoms with van der Waals surface area (Å²) in [5.41, 5.74) is 1.90. The number of carbonyl (C=O) groups is 2. The number of hydrogen-bond acceptors (Lipinski definition) is 2. The molecule has 0 saturated heterocycles. The Morgan fingerprint density at radius 2 is 1.90 bits per heavy atom. The van der Waals surface area contributed by atoms with Crippen molar-refractivity contribution < 1.29 is 14.7 Å². The first-order valence-corrected chi connectivity index (χ1v) is 11.2. The maximum absolute atomic E-state index is 12.7. The van der Waals surface area contributed by atoms with Crippen LogP contribution in [0.2, 0.25) is 0 Å². The SMILES string of the molecule is CCCCCCC1CCC(C(=O)NC(Cc2c[nH]c3ccccc23)C(=O)O)CC1. The molecule has 1 fully saturated rings. The summed E-state index contributed by atoms with van der Waals surface area (Å²) in [4.78, 5) is 27.7. The van der Waals surface area contributed by atoms with Gasteiger partial charge in [-0.05, 0) is 43.2 Å².